The summed E-state index contributed by atoms with van der Waals surface area (Å²) in [5, 5.41) is 12.4. The molecule has 1 heterocycles. The van der Waals surface area contributed by atoms with Gasteiger partial charge in [0.25, 0.3) is 12.3 Å². The molecule has 1 fully saturated rings. The lowest BCUT2D eigenvalue weighted by atomic mass is 10.1. The van der Waals surface area contributed by atoms with Crippen molar-refractivity contribution in [2.24, 2.45) is 5.92 Å². The molecule has 1 amide bonds. The molecule has 1 aromatic rings. The largest absolute Gasteiger partial charge is 0.393 e. The second-order valence-corrected chi connectivity index (χ2v) is 4.91. The van der Waals surface area contributed by atoms with E-state index in [1.807, 2.05) is 0 Å². The molecular formula is C13H18F2N2O2. The third-order valence-corrected chi connectivity index (χ3v) is 3.54. The molecule has 0 aromatic carbocycles. The van der Waals surface area contributed by atoms with Crippen LogP contribution in [0.1, 0.15) is 29.8 Å². The molecule has 0 spiro atoms. The van der Waals surface area contributed by atoms with Crippen LogP contribution in [-0.4, -0.2) is 34.7 Å². The molecule has 2 rings (SSSR count). The van der Waals surface area contributed by atoms with E-state index in [2.05, 4.69) is 5.32 Å². The molecule has 2 atom stereocenters. The Hall–Kier alpha value is -1.43. The van der Waals surface area contributed by atoms with Crippen LogP contribution in [0, 0.1) is 5.92 Å². The summed E-state index contributed by atoms with van der Waals surface area (Å²) >= 11 is 0. The normalized spacial score (nSPS) is 22.9. The first-order valence-electron chi connectivity index (χ1n) is 6.47. The third kappa shape index (κ3) is 3.53. The summed E-state index contributed by atoms with van der Waals surface area (Å²) in [6.45, 7) is -0.0956. The lowest BCUT2D eigenvalue weighted by molar-refractivity contribution is 0.0896. The molecule has 0 radical (unpaired) electrons. The van der Waals surface area contributed by atoms with Gasteiger partial charge in [-0.1, -0.05) is 6.42 Å². The first kappa shape index (κ1) is 14.0. The summed E-state index contributed by atoms with van der Waals surface area (Å²) in [7, 11) is 0. The smallest absolute Gasteiger partial charge is 0.267 e. The summed E-state index contributed by atoms with van der Waals surface area (Å²) in [4.78, 5) is 11.9. The highest BCUT2D eigenvalue weighted by atomic mass is 19.3. The molecule has 4 nitrogen and oxygen atoms in total. The molecule has 2 N–H and O–H groups in total. The van der Waals surface area contributed by atoms with Gasteiger partial charge in [-0.05, 0) is 25.0 Å². The zero-order chi connectivity index (χ0) is 13.8. The number of halogens is 2. The van der Waals surface area contributed by atoms with Gasteiger partial charge in [0, 0.05) is 18.7 Å². The minimum Gasteiger partial charge on any atom is -0.393 e. The standard InChI is InChI=1S/C13H18F2N2O2/c14-12(15)8-17-6-2-4-10(17)13(19)16-7-9-3-1-5-11(9)18/h2,4,6,9,11-12,18H,1,3,5,7-8H2,(H,16,19). The number of aromatic nitrogens is 1. The maximum Gasteiger partial charge on any atom is 0.267 e. The lowest BCUT2D eigenvalue weighted by Crippen LogP contribution is -2.33. The molecule has 0 aliphatic heterocycles. The fourth-order valence-corrected chi connectivity index (χ4v) is 2.50. The highest BCUT2D eigenvalue weighted by Gasteiger charge is 2.25. The van der Waals surface area contributed by atoms with Gasteiger partial charge in [0.2, 0.25) is 0 Å². The van der Waals surface area contributed by atoms with E-state index in [9.17, 15) is 18.7 Å². The van der Waals surface area contributed by atoms with Crippen LogP contribution in [0.3, 0.4) is 0 Å². The minimum absolute atomic E-state index is 0.0717. The van der Waals surface area contributed by atoms with Crippen LogP contribution in [-0.2, 0) is 6.54 Å². The van der Waals surface area contributed by atoms with E-state index < -0.39 is 13.0 Å². The summed E-state index contributed by atoms with van der Waals surface area (Å²) < 4.78 is 25.9. The number of rotatable bonds is 5. The predicted octanol–water partition coefficient (Wildman–Crippen LogP) is 1.64. The number of alkyl halides is 2. The number of nitrogens with one attached hydrogen (secondary N) is 1. The van der Waals surface area contributed by atoms with Gasteiger partial charge in [-0.25, -0.2) is 8.78 Å². The molecule has 0 saturated heterocycles. The van der Waals surface area contributed by atoms with E-state index in [0.717, 1.165) is 19.3 Å². The Balaban J connectivity index is 1.91. The molecule has 6 heteroatoms. The van der Waals surface area contributed by atoms with Gasteiger partial charge in [-0.3, -0.25) is 4.79 Å². The number of nitrogens with zero attached hydrogens (tertiary/aromatic N) is 1. The van der Waals surface area contributed by atoms with Crippen LogP contribution in [0.5, 0.6) is 0 Å². The van der Waals surface area contributed by atoms with Crippen LogP contribution in [0.4, 0.5) is 8.78 Å². The number of hydrogen-bond donors (Lipinski definition) is 2. The topological polar surface area (TPSA) is 54.3 Å². The van der Waals surface area contributed by atoms with Crippen molar-refractivity contribution in [1.82, 2.24) is 9.88 Å². The molecule has 106 valence electrons. The summed E-state index contributed by atoms with van der Waals surface area (Å²) in [5.41, 5.74) is 0.229. The van der Waals surface area contributed by atoms with Crippen molar-refractivity contribution in [3.63, 3.8) is 0 Å². The summed E-state index contributed by atoms with van der Waals surface area (Å²) in [6.07, 6.45) is 1.22. The molecular weight excluding hydrogens is 254 g/mol. The van der Waals surface area contributed by atoms with Gasteiger partial charge >= 0.3 is 0 Å². The van der Waals surface area contributed by atoms with E-state index in [-0.39, 0.29) is 23.6 Å². The first-order valence-corrected chi connectivity index (χ1v) is 6.47. The van der Waals surface area contributed by atoms with E-state index in [0.29, 0.717) is 6.54 Å². The van der Waals surface area contributed by atoms with Crippen molar-refractivity contribution >= 4 is 5.91 Å². The number of hydrogen-bond acceptors (Lipinski definition) is 2. The highest BCUT2D eigenvalue weighted by molar-refractivity contribution is 5.92. The molecule has 1 aliphatic rings. The lowest BCUT2D eigenvalue weighted by Gasteiger charge is -2.15. The number of amides is 1. The fourth-order valence-electron chi connectivity index (χ4n) is 2.50. The SMILES string of the molecule is O=C(NCC1CCCC1O)c1cccn1CC(F)F. The number of aliphatic hydroxyl groups is 1. The molecule has 2 unspecified atom stereocenters. The molecule has 0 bridgehead atoms. The molecule has 19 heavy (non-hydrogen) atoms. The zero-order valence-corrected chi connectivity index (χ0v) is 10.6. The average molecular weight is 272 g/mol. The van der Waals surface area contributed by atoms with Crippen molar-refractivity contribution in [3.05, 3.63) is 24.0 Å². The van der Waals surface area contributed by atoms with Crippen LogP contribution >= 0.6 is 0 Å². The summed E-state index contributed by atoms with van der Waals surface area (Å²) in [6, 6.07) is 3.09. The van der Waals surface area contributed by atoms with Gasteiger partial charge < -0.3 is 15.0 Å². The van der Waals surface area contributed by atoms with Crippen LogP contribution < -0.4 is 5.32 Å². The van der Waals surface area contributed by atoms with Crippen LogP contribution in [0.25, 0.3) is 0 Å². The Morgan fingerprint density at radius 3 is 2.95 bits per heavy atom. The van der Waals surface area contributed by atoms with Crippen LogP contribution in [0.15, 0.2) is 18.3 Å². The van der Waals surface area contributed by atoms with Crippen molar-refractivity contribution in [3.8, 4) is 0 Å². The molecule has 1 saturated carbocycles. The van der Waals surface area contributed by atoms with Gasteiger partial charge in [0.15, 0.2) is 0 Å². The monoisotopic (exact) mass is 272 g/mol. The zero-order valence-electron chi connectivity index (χ0n) is 10.6. The Kier molecular flexibility index (Phi) is 4.52. The van der Waals surface area contributed by atoms with Gasteiger partial charge in [-0.15, -0.1) is 0 Å². The number of aliphatic hydroxyl groups excluding tert-OH is 1. The average Bonchev–Trinajstić information content (AvgIpc) is 2.95. The highest BCUT2D eigenvalue weighted by Crippen LogP contribution is 2.24. The first-order chi connectivity index (χ1) is 9.08. The minimum atomic E-state index is -2.49. The van der Waals surface area contributed by atoms with Crippen molar-refractivity contribution in [2.45, 2.75) is 38.3 Å². The fraction of sp³-hybridized carbons (Fsp3) is 0.615. The third-order valence-electron chi connectivity index (χ3n) is 3.54. The molecule has 1 aliphatic carbocycles. The van der Waals surface area contributed by atoms with E-state index >= 15 is 0 Å². The second-order valence-electron chi connectivity index (χ2n) is 4.91. The maximum absolute atomic E-state index is 12.3. The Labute approximate surface area is 110 Å². The second kappa shape index (κ2) is 6.14. The van der Waals surface area contributed by atoms with E-state index in [1.54, 1.807) is 6.07 Å². The van der Waals surface area contributed by atoms with Gasteiger partial charge in [0.05, 0.1) is 12.6 Å². The van der Waals surface area contributed by atoms with Crippen molar-refractivity contribution < 1.29 is 18.7 Å². The Bertz CT molecular complexity index is 434. The predicted molar refractivity (Wildman–Crippen MR) is 66.1 cm³/mol. The number of carbonyl (C=O) groups excluding carboxylic acids is 1. The van der Waals surface area contributed by atoms with Crippen molar-refractivity contribution in [1.29, 1.82) is 0 Å². The Morgan fingerprint density at radius 2 is 2.32 bits per heavy atom. The van der Waals surface area contributed by atoms with E-state index in [1.165, 1.54) is 16.8 Å². The Morgan fingerprint density at radius 1 is 1.53 bits per heavy atom. The van der Waals surface area contributed by atoms with Gasteiger partial charge in [-0.2, -0.15) is 0 Å². The maximum atomic E-state index is 12.3. The van der Waals surface area contributed by atoms with Crippen molar-refractivity contribution in [2.75, 3.05) is 6.54 Å². The summed E-state index contributed by atoms with van der Waals surface area (Å²) in [5.74, 6) is -0.299. The molecule has 1 aromatic heterocycles. The quantitative estimate of drug-likeness (QED) is 0.856. The number of carbonyl (C=O) groups is 1. The van der Waals surface area contributed by atoms with E-state index in [4.69, 9.17) is 0 Å². The van der Waals surface area contributed by atoms with Crippen LogP contribution in [0.2, 0.25) is 0 Å². The van der Waals surface area contributed by atoms with Gasteiger partial charge in [0.1, 0.15) is 5.69 Å².